The molecule has 5 heteroatoms. The summed E-state index contributed by atoms with van der Waals surface area (Å²) in [4.78, 5) is 25.6. The summed E-state index contributed by atoms with van der Waals surface area (Å²) in [7, 11) is 3.40. The fraction of sp³-hybridized carbons (Fsp3) is 0.909. The van der Waals surface area contributed by atoms with Crippen LogP contribution in [-0.2, 0) is 23.8 Å². The van der Waals surface area contributed by atoms with Crippen LogP contribution in [0.15, 0.2) is 0 Å². The molecule has 0 aromatic carbocycles. The number of carbonyl (C=O) groups excluding carboxylic acids is 2. The first-order valence-corrected chi connectivity index (χ1v) is 10.3. The van der Waals surface area contributed by atoms with Crippen molar-refractivity contribution in [3.8, 4) is 0 Å². The fourth-order valence-corrected chi connectivity index (χ4v) is 6.94. The summed E-state index contributed by atoms with van der Waals surface area (Å²) in [5, 5.41) is 0. The monoisotopic (exact) mass is 380 g/mol. The van der Waals surface area contributed by atoms with E-state index in [1.165, 1.54) is 0 Å². The van der Waals surface area contributed by atoms with Gasteiger partial charge in [-0.3, -0.25) is 4.79 Å². The van der Waals surface area contributed by atoms with Crippen LogP contribution in [0.4, 0.5) is 0 Å². The van der Waals surface area contributed by atoms with E-state index in [-0.39, 0.29) is 47.4 Å². The number of hydrogen-bond acceptors (Lipinski definition) is 5. The van der Waals surface area contributed by atoms with Gasteiger partial charge in [-0.25, -0.2) is 0 Å². The number of Topliss-reactive ketones (excluding diaryl/α,β-unsaturated/α-hetero) is 1. The first-order chi connectivity index (χ1) is 12.7. The normalized spacial score (nSPS) is 50.0. The van der Waals surface area contributed by atoms with Gasteiger partial charge in [0.1, 0.15) is 18.9 Å². The quantitative estimate of drug-likeness (QED) is 0.414. The van der Waals surface area contributed by atoms with Gasteiger partial charge < -0.3 is 19.0 Å². The maximum atomic E-state index is 13.5. The molecule has 5 nitrogen and oxygen atoms in total. The van der Waals surface area contributed by atoms with Crippen molar-refractivity contribution in [2.24, 2.45) is 34.0 Å². The van der Waals surface area contributed by atoms with Gasteiger partial charge in [-0.1, -0.05) is 20.8 Å². The maximum Gasteiger partial charge on any atom is 0.149 e. The van der Waals surface area contributed by atoms with Crippen molar-refractivity contribution in [3.63, 3.8) is 0 Å². The van der Waals surface area contributed by atoms with Crippen LogP contribution in [0, 0.1) is 34.0 Å². The number of ether oxygens (including phenoxy) is 3. The number of hydrogen-bond donors (Lipinski definition) is 0. The Balaban J connectivity index is 2.19. The largest absolute Gasteiger partial charge is 0.381 e. The molecule has 3 saturated carbocycles. The van der Waals surface area contributed by atoms with Gasteiger partial charge in [0.05, 0.1) is 17.6 Å². The Labute approximate surface area is 163 Å². The number of carbonyl (C=O) groups is 2. The number of aldehydes is 1. The van der Waals surface area contributed by atoms with Crippen LogP contribution in [0.2, 0.25) is 0 Å². The molecule has 8 atom stereocenters. The lowest BCUT2D eigenvalue weighted by Gasteiger charge is -2.61. The second kappa shape index (κ2) is 7.23. The second-order valence-electron chi connectivity index (χ2n) is 9.72. The molecule has 0 aromatic heterocycles. The Morgan fingerprint density at radius 2 is 1.81 bits per heavy atom. The van der Waals surface area contributed by atoms with Crippen LogP contribution in [0.1, 0.15) is 59.8 Å². The molecule has 3 aliphatic rings. The van der Waals surface area contributed by atoms with Gasteiger partial charge in [0.2, 0.25) is 0 Å². The molecule has 3 fully saturated rings. The van der Waals surface area contributed by atoms with E-state index < -0.39 is 5.41 Å². The average Bonchev–Trinajstić information content (AvgIpc) is 3.07. The Bertz CT molecular complexity index is 591. The summed E-state index contributed by atoms with van der Waals surface area (Å²) in [5.74, 6) is 0.593. The molecule has 0 aliphatic heterocycles. The lowest BCUT2D eigenvalue weighted by atomic mass is 9.44. The van der Waals surface area contributed by atoms with Gasteiger partial charge in [0.15, 0.2) is 0 Å². The molecule has 0 amide bonds. The minimum Gasteiger partial charge on any atom is -0.381 e. The zero-order valence-corrected chi connectivity index (χ0v) is 17.7. The predicted molar refractivity (Wildman–Crippen MR) is 102 cm³/mol. The molecule has 3 aliphatic carbocycles. The van der Waals surface area contributed by atoms with Crippen LogP contribution < -0.4 is 0 Å². The third-order valence-corrected chi connectivity index (χ3v) is 8.73. The summed E-state index contributed by atoms with van der Waals surface area (Å²) in [6.45, 7) is 8.63. The minimum absolute atomic E-state index is 0.0712. The molecule has 0 radical (unpaired) electrons. The van der Waals surface area contributed by atoms with Crippen molar-refractivity contribution in [1.29, 1.82) is 0 Å². The van der Waals surface area contributed by atoms with E-state index in [0.717, 1.165) is 32.0 Å². The summed E-state index contributed by atoms with van der Waals surface area (Å²) >= 11 is 0. The highest BCUT2D eigenvalue weighted by molar-refractivity contribution is 5.99. The van der Waals surface area contributed by atoms with E-state index in [4.69, 9.17) is 14.2 Å². The van der Waals surface area contributed by atoms with Crippen LogP contribution in [0.5, 0.6) is 0 Å². The zero-order chi connectivity index (χ0) is 20.0. The smallest absolute Gasteiger partial charge is 0.149 e. The highest BCUT2D eigenvalue weighted by atomic mass is 16.7. The lowest BCUT2D eigenvalue weighted by Crippen LogP contribution is -2.63. The molecule has 0 saturated heterocycles. The zero-order valence-electron chi connectivity index (χ0n) is 17.7. The van der Waals surface area contributed by atoms with E-state index in [1.54, 1.807) is 21.1 Å². The van der Waals surface area contributed by atoms with Crippen molar-refractivity contribution in [3.05, 3.63) is 0 Å². The van der Waals surface area contributed by atoms with Crippen LogP contribution in [0.25, 0.3) is 0 Å². The number of rotatable bonds is 5. The topological polar surface area (TPSA) is 61.8 Å². The molecule has 0 aromatic rings. The van der Waals surface area contributed by atoms with E-state index in [9.17, 15) is 9.59 Å². The molecule has 0 N–H and O–H groups in total. The molecule has 0 unspecified atom stereocenters. The van der Waals surface area contributed by atoms with Gasteiger partial charge in [0.25, 0.3) is 0 Å². The summed E-state index contributed by atoms with van der Waals surface area (Å²) in [6.07, 6.45) is 5.22. The van der Waals surface area contributed by atoms with Gasteiger partial charge in [-0.15, -0.1) is 0 Å². The number of methoxy groups -OCH3 is 2. The molecule has 0 heterocycles. The van der Waals surface area contributed by atoms with Crippen molar-refractivity contribution in [2.75, 3.05) is 21.0 Å². The maximum absolute atomic E-state index is 13.5. The summed E-state index contributed by atoms with van der Waals surface area (Å²) < 4.78 is 17.4. The van der Waals surface area contributed by atoms with E-state index in [1.807, 2.05) is 0 Å². The first-order valence-electron chi connectivity index (χ1n) is 10.3. The van der Waals surface area contributed by atoms with Gasteiger partial charge >= 0.3 is 0 Å². The van der Waals surface area contributed by atoms with E-state index in [2.05, 4.69) is 20.8 Å². The Morgan fingerprint density at radius 1 is 1.15 bits per heavy atom. The molecular weight excluding hydrogens is 344 g/mol. The standard InChI is InChI=1S/C22H36O5/c1-14-7-9-22-10-8-16(26-6)18(22)21(14,4)17(27-13-25-5)11-20(3,12-23)19(24)15(22)2/h12,14-18H,7-11,13H2,1-6H3/t14-,15+,16-,17-,18-,20+,21+,22+/m1/s1. The molecule has 154 valence electrons. The highest BCUT2D eigenvalue weighted by Gasteiger charge is 2.68. The van der Waals surface area contributed by atoms with Crippen LogP contribution in [-0.4, -0.2) is 45.3 Å². The third kappa shape index (κ3) is 2.84. The van der Waals surface area contributed by atoms with Crippen LogP contribution in [0.3, 0.4) is 0 Å². The minimum atomic E-state index is -1.01. The first kappa shape index (κ1) is 20.9. The SMILES string of the molecule is COCO[C@@H]1C[C@@](C)(C=O)C(=O)[C@H](C)[C@@]23CC[C@@H](C)[C@]1(C)[C@H]2[C@H](OC)CC3. The predicted octanol–water partition coefficient (Wildman–Crippen LogP) is 3.64. The van der Waals surface area contributed by atoms with E-state index in [0.29, 0.717) is 12.3 Å². The summed E-state index contributed by atoms with van der Waals surface area (Å²) in [5.41, 5.74) is -1.30. The highest BCUT2D eigenvalue weighted by Crippen LogP contribution is 2.68. The van der Waals surface area contributed by atoms with Crippen molar-refractivity contribution < 1.29 is 23.8 Å². The Kier molecular flexibility index (Phi) is 5.61. The molecule has 2 bridgehead atoms. The molecular formula is C22H36O5. The van der Waals surface area contributed by atoms with Crippen LogP contribution >= 0.6 is 0 Å². The van der Waals surface area contributed by atoms with Gasteiger partial charge in [-0.05, 0) is 56.3 Å². The fourth-order valence-electron chi connectivity index (χ4n) is 6.94. The third-order valence-electron chi connectivity index (χ3n) is 8.73. The second-order valence-corrected chi connectivity index (χ2v) is 9.72. The van der Waals surface area contributed by atoms with Gasteiger partial charge in [0, 0.05) is 25.6 Å². The Morgan fingerprint density at radius 3 is 2.41 bits per heavy atom. The van der Waals surface area contributed by atoms with E-state index >= 15 is 0 Å². The molecule has 27 heavy (non-hydrogen) atoms. The lowest BCUT2D eigenvalue weighted by molar-refractivity contribution is -0.218. The number of ketones is 1. The van der Waals surface area contributed by atoms with Crippen molar-refractivity contribution in [2.45, 2.75) is 72.0 Å². The average molecular weight is 381 g/mol. The molecule has 0 spiro atoms. The van der Waals surface area contributed by atoms with Gasteiger partial charge in [-0.2, -0.15) is 0 Å². The van der Waals surface area contributed by atoms with Crippen molar-refractivity contribution >= 4 is 12.1 Å². The summed E-state index contributed by atoms with van der Waals surface area (Å²) in [6, 6.07) is 0. The Hall–Kier alpha value is -0.780. The molecule has 3 rings (SSSR count). The van der Waals surface area contributed by atoms with Crippen molar-refractivity contribution in [1.82, 2.24) is 0 Å².